The average molecular weight is 467 g/mol. The minimum atomic E-state index is -0.187. The van der Waals surface area contributed by atoms with Crippen LogP contribution < -0.4 is 4.74 Å². The molecule has 0 spiro atoms. The third kappa shape index (κ3) is 6.87. The van der Waals surface area contributed by atoms with Crippen molar-refractivity contribution >= 4 is 17.3 Å². The quantitative estimate of drug-likeness (QED) is 0.234. The number of fused-ring (bicyclic) bond motifs is 1. The summed E-state index contributed by atoms with van der Waals surface area (Å²) in [6.07, 6.45) is 7.19. The van der Waals surface area contributed by atoms with E-state index in [1.54, 1.807) is 11.3 Å². The van der Waals surface area contributed by atoms with Gasteiger partial charge in [0.25, 0.3) is 0 Å². The fourth-order valence-corrected chi connectivity index (χ4v) is 5.66. The molecular weight excluding hydrogens is 428 g/mol. The van der Waals surface area contributed by atoms with Crippen molar-refractivity contribution in [3.63, 3.8) is 0 Å². The van der Waals surface area contributed by atoms with Crippen LogP contribution in [0.5, 0.6) is 5.75 Å². The smallest absolute Gasteiger partial charge is 0.311 e. The van der Waals surface area contributed by atoms with Crippen molar-refractivity contribution in [2.75, 3.05) is 6.61 Å². The van der Waals surface area contributed by atoms with E-state index in [0.29, 0.717) is 13.0 Å². The summed E-state index contributed by atoms with van der Waals surface area (Å²) in [5, 5.41) is 0. The number of esters is 1. The molecule has 1 aliphatic rings. The van der Waals surface area contributed by atoms with Crippen molar-refractivity contribution in [2.24, 2.45) is 0 Å². The first-order chi connectivity index (χ1) is 15.6. The maximum absolute atomic E-state index is 11.8. The van der Waals surface area contributed by atoms with Gasteiger partial charge in [-0.25, -0.2) is 0 Å². The van der Waals surface area contributed by atoms with Crippen LogP contribution in [0.1, 0.15) is 100 Å². The number of ether oxygens (including phenoxy) is 2. The molecule has 0 N–H and O–H groups in total. The van der Waals surface area contributed by atoms with Gasteiger partial charge < -0.3 is 9.47 Å². The van der Waals surface area contributed by atoms with E-state index in [1.165, 1.54) is 30.4 Å². The summed E-state index contributed by atoms with van der Waals surface area (Å²) < 4.78 is 11.5. The van der Waals surface area contributed by atoms with Crippen LogP contribution in [0, 0.1) is 11.8 Å². The molecular formula is C29H38O3S. The maximum Gasteiger partial charge on any atom is 0.311 e. The minimum Gasteiger partial charge on any atom is -0.488 e. The van der Waals surface area contributed by atoms with Gasteiger partial charge in [-0.15, -0.1) is 11.3 Å². The molecule has 178 valence electrons. The van der Waals surface area contributed by atoms with Crippen molar-refractivity contribution in [3.05, 3.63) is 50.7 Å². The largest absolute Gasteiger partial charge is 0.488 e. The zero-order valence-corrected chi connectivity index (χ0v) is 21.9. The van der Waals surface area contributed by atoms with E-state index < -0.39 is 0 Å². The van der Waals surface area contributed by atoms with Crippen LogP contribution in [0.4, 0.5) is 0 Å². The third-order valence-electron chi connectivity index (χ3n) is 6.09. The summed E-state index contributed by atoms with van der Waals surface area (Å²) in [6, 6.07) is 8.48. The highest BCUT2D eigenvalue weighted by Crippen LogP contribution is 2.45. The molecule has 0 bridgehead atoms. The Bertz CT molecular complexity index is 1030. The second-order valence-electron chi connectivity index (χ2n) is 10.2. The highest BCUT2D eigenvalue weighted by Gasteiger charge is 2.39. The van der Waals surface area contributed by atoms with Gasteiger partial charge in [-0.05, 0) is 75.3 Å². The van der Waals surface area contributed by atoms with Gasteiger partial charge in [0.1, 0.15) is 11.4 Å². The molecule has 0 saturated carbocycles. The van der Waals surface area contributed by atoms with Gasteiger partial charge in [-0.1, -0.05) is 51.9 Å². The number of thiophene rings is 1. The van der Waals surface area contributed by atoms with Gasteiger partial charge in [0, 0.05) is 16.0 Å². The SMILES string of the molecule is CCCCCCc1cc2c(cc1C#Cc1ccc(CC(=O)OCC)s1)C(C)(C)CC(C)(C)O2. The number of hydrogen-bond acceptors (Lipinski definition) is 4. The summed E-state index contributed by atoms with van der Waals surface area (Å²) >= 11 is 1.57. The lowest BCUT2D eigenvalue weighted by Gasteiger charge is -2.42. The predicted molar refractivity (Wildman–Crippen MR) is 137 cm³/mol. The summed E-state index contributed by atoms with van der Waals surface area (Å²) in [5.41, 5.74) is 3.48. The van der Waals surface area contributed by atoms with Gasteiger partial charge >= 0.3 is 5.97 Å². The first-order valence-corrected chi connectivity index (χ1v) is 13.1. The van der Waals surface area contributed by atoms with Gasteiger partial charge in [0.15, 0.2) is 0 Å². The van der Waals surface area contributed by atoms with E-state index in [9.17, 15) is 4.79 Å². The molecule has 2 heterocycles. The molecule has 2 aromatic rings. The molecule has 1 aromatic heterocycles. The zero-order chi connectivity index (χ0) is 24.1. The van der Waals surface area contributed by atoms with Crippen LogP contribution in [-0.2, 0) is 27.8 Å². The van der Waals surface area contributed by atoms with Gasteiger partial charge in [-0.3, -0.25) is 4.79 Å². The molecule has 0 atom stereocenters. The minimum absolute atomic E-state index is 0.0317. The summed E-state index contributed by atoms with van der Waals surface area (Å²) in [4.78, 5) is 13.7. The Morgan fingerprint density at radius 1 is 1.09 bits per heavy atom. The summed E-state index contributed by atoms with van der Waals surface area (Å²) in [5.74, 6) is 7.64. The Hall–Kier alpha value is -2.25. The van der Waals surface area contributed by atoms with Crippen LogP contribution >= 0.6 is 11.3 Å². The van der Waals surface area contributed by atoms with E-state index in [1.807, 2.05) is 19.1 Å². The van der Waals surface area contributed by atoms with Crippen molar-refractivity contribution in [2.45, 2.75) is 97.5 Å². The number of carbonyl (C=O) groups is 1. The lowest BCUT2D eigenvalue weighted by Crippen LogP contribution is -2.41. The normalized spacial score (nSPS) is 15.7. The van der Waals surface area contributed by atoms with Crippen molar-refractivity contribution in [1.29, 1.82) is 0 Å². The fourth-order valence-electron chi connectivity index (χ4n) is 4.82. The second kappa shape index (κ2) is 10.8. The van der Waals surface area contributed by atoms with Crippen molar-refractivity contribution < 1.29 is 14.3 Å². The average Bonchev–Trinajstić information content (AvgIpc) is 3.15. The molecule has 0 aliphatic carbocycles. The first-order valence-electron chi connectivity index (χ1n) is 12.3. The van der Waals surface area contributed by atoms with Crippen LogP contribution in [0.2, 0.25) is 0 Å². The van der Waals surface area contributed by atoms with Gasteiger partial charge in [-0.2, -0.15) is 0 Å². The number of unbranched alkanes of at least 4 members (excludes halogenated alkanes) is 3. The molecule has 0 amide bonds. The number of aryl methyl sites for hydroxylation is 1. The Morgan fingerprint density at radius 3 is 2.61 bits per heavy atom. The number of rotatable bonds is 8. The van der Waals surface area contributed by atoms with Crippen LogP contribution in [0.15, 0.2) is 24.3 Å². The molecule has 33 heavy (non-hydrogen) atoms. The molecule has 3 nitrogen and oxygen atoms in total. The lowest BCUT2D eigenvalue weighted by atomic mass is 9.73. The molecule has 4 heteroatoms. The molecule has 0 fully saturated rings. The Kier molecular flexibility index (Phi) is 8.29. The number of carbonyl (C=O) groups excluding carboxylic acids is 1. The maximum atomic E-state index is 11.8. The zero-order valence-electron chi connectivity index (χ0n) is 21.1. The molecule has 0 saturated heterocycles. The topological polar surface area (TPSA) is 35.5 Å². The Labute approximate surface area is 203 Å². The highest BCUT2D eigenvalue weighted by atomic mass is 32.1. The third-order valence-corrected chi connectivity index (χ3v) is 7.09. The van der Waals surface area contributed by atoms with E-state index >= 15 is 0 Å². The standard InChI is InChI=1S/C29H38O3S/c1-7-9-10-11-12-21-18-26-25(28(3,4)20-29(5,6)32-26)17-22(21)13-14-23-15-16-24(33-23)19-27(30)31-8-2/h15-18H,7-12,19-20H2,1-6H3. The number of benzene rings is 1. The second-order valence-corrected chi connectivity index (χ2v) is 11.4. The Morgan fingerprint density at radius 2 is 1.88 bits per heavy atom. The fraction of sp³-hybridized carbons (Fsp3) is 0.552. The monoisotopic (exact) mass is 466 g/mol. The van der Waals surface area contributed by atoms with Gasteiger partial charge in [0.05, 0.1) is 17.9 Å². The molecule has 1 aromatic carbocycles. The van der Waals surface area contributed by atoms with Crippen LogP contribution in [0.25, 0.3) is 0 Å². The van der Waals surface area contributed by atoms with Crippen LogP contribution in [0.3, 0.4) is 0 Å². The highest BCUT2D eigenvalue weighted by molar-refractivity contribution is 7.12. The molecule has 1 aliphatic heterocycles. The van der Waals surface area contributed by atoms with E-state index in [-0.39, 0.29) is 17.0 Å². The first kappa shape index (κ1) is 25.4. The van der Waals surface area contributed by atoms with E-state index in [2.05, 4.69) is 58.6 Å². The lowest BCUT2D eigenvalue weighted by molar-refractivity contribution is -0.142. The van der Waals surface area contributed by atoms with Crippen molar-refractivity contribution in [1.82, 2.24) is 0 Å². The molecule has 0 radical (unpaired) electrons. The van der Waals surface area contributed by atoms with Crippen molar-refractivity contribution in [3.8, 4) is 17.6 Å². The van der Waals surface area contributed by atoms with E-state index in [4.69, 9.17) is 9.47 Å². The summed E-state index contributed by atoms with van der Waals surface area (Å²) in [6.45, 7) is 13.4. The van der Waals surface area contributed by atoms with Gasteiger partial charge in [0.2, 0.25) is 0 Å². The number of hydrogen-bond donors (Lipinski definition) is 0. The van der Waals surface area contributed by atoms with E-state index in [0.717, 1.165) is 40.3 Å². The van der Waals surface area contributed by atoms with Crippen LogP contribution in [-0.4, -0.2) is 18.2 Å². The molecule has 3 rings (SSSR count). The molecule has 0 unspecified atom stereocenters. The predicted octanol–water partition coefficient (Wildman–Crippen LogP) is 7.22. The Balaban J connectivity index is 1.91. The summed E-state index contributed by atoms with van der Waals surface area (Å²) in [7, 11) is 0.